The van der Waals surface area contributed by atoms with Crippen molar-refractivity contribution < 1.29 is 4.74 Å². The molecule has 1 unspecified atom stereocenters. The van der Waals surface area contributed by atoms with E-state index in [0.717, 1.165) is 24.5 Å². The second kappa shape index (κ2) is 7.80. The van der Waals surface area contributed by atoms with Crippen molar-refractivity contribution in [2.24, 2.45) is 17.8 Å². The molecule has 0 spiro atoms. The van der Waals surface area contributed by atoms with Gasteiger partial charge in [0.15, 0.2) is 0 Å². The van der Waals surface area contributed by atoms with Crippen molar-refractivity contribution in [3.63, 3.8) is 0 Å². The Morgan fingerprint density at radius 1 is 1.26 bits per heavy atom. The molecule has 4 heteroatoms. The number of aromatic nitrogens is 2. The molecule has 0 bridgehead atoms. The second-order valence-electron chi connectivity index (χ2n) is 6.93. The van der Waals surface area contributed by atoms with E-state index in [1.54, 1.807) is 0 Å². The number of nitrogens with zero attached hydrogens (tertiary/aromatic N) is 2. The molecule has 0 aromatic carbocycles. The predicted octanol–water partition coefficient (Wildman–Crippen LogP) is 4.46. The highest BCUT2D eigenvalue weighted by Crippen LogP contribution is 2.43. The van der Waals surface area contributed by atoms with Crippen molar-refractivity contribution >= 4 is 5.69 Å². The fraction of sp³-hybridized carbons (Fsp3) is 0.684. The Balaban J connectivity index is 2.21. The third kappa shape index (κ3) is 4.04. The monoisotopic (exact) mass is 317 g/mol. The van der Waals surface area contributed by atoms with Gasteiger partial charge in [0.2, 0.25) is 5.88 Å². The minimum Gasteiger partial charge on any atom is -0.472 e. The highest BCUT2D eigenvalue weighted by atomic mass is 16.5. The number of ether oxygens (including phenoxy) is 1. The number of hydrogen-bond donors (Lipinski definition) is 1. The van der Waals surface area contributed by atoms with Crippen molar-refractivity contribution in [2.75, 3.05) is 5.73 Å². The summed E-state index contributed by atoms with van der Waals surface area (Å²) < 4.78 is 6.36. The van der Waals surface area contributed by atoms with Crippen LogP contribution in [0.25, 0.3) is 0 Å². The Morgan fingerprint density at radius 3 is 2.65 bits per heavy atom. The van der Waals surface area contributed by atoms with E-state index in [0.29, 0.717) is 29.2 Å². The molecule has 0 radical (unpaired) electrons. The molecule has 1 heterocycles. The van der Waals surface area contributed by atoms with E-state index in [1.165, 1.54) is 19.3 Å². The van der Waals surface area contributed by atoms with Crippen LogP contribution in [-0.4, -0.2) is 16.1 Å². The van der Waals surface area contributed by atoms with Crippen LogP contribution in [0.4, 0.5) is 5.69 Å². The normalized spacial score (nSPS) is 27.1. The Morgan fingerprint density at radius 2 is 2.00 bits per heavy atom. The molecule has 2 N–H and O–H groups in total. The van der Waals surface area contributed by atoms with Crippen molar-refractivity contribution in [3.05, 3.63) is 24.2 Å². The van der Waals surface area contributed by atoms with Gasteiger partial charge in [0, 0.05) is 0 Å². The summed E-state index contributed by atoms with van der Waals surface area (Å²) in [6.45, 7) is 12.2. The quantitative estimate of drug-likeness (QED) is 0.754. The number of nitrogens with two attached hydrogens (primary N) is 1. The Kier molecular flexibility index (Phi) is 6.03. The van der Waals surface area contributed by atoms with Crippen LogP contribution in [-0.2, 0) is 0 Å². The molecule has 128 valence electrons. The maximum Gasteiger partial charge on any atom is 0.241 e. The first-order valence-electron chi connectivity index (χ1n) is 8.86. The molecule has 1 aliphatic carbocycles. The van der Waals surface area contributed by atoms with Gasteiger partial charge in [0.25, 0.3) is 0 Å². The molecule has 1 aliphatic rings. The number of aryl methyl sites for hydroxylation is 2. The van der Waals surface area contributed by atoms with Crippen LogP contribution >= 0.6 is 0 Å². The average molecular weight is 317 g/mol. The predicted molar refractivity (Wildman–Crippen MR) is 95.4 cm³/mol. The molecule has 1 aromatic rings. The fourth-order valence-electron chi connectivity index (χ4n) is 3.91. The zero-order valence-electron chi connectivity index (χ0n) is 15.0. The lowest BCUT2D eigenvalue weighted by Gasteiger charge is -2.25. The smallest absolute Gasteiger partial charge is 0.241 e. The molecular formula is C19H31N3O. The molecule has 1 saturated carbocycles. The van der Waals surface area contributed by atoms with Gasteiger partial charge >= 0.3 is 0 Å². The largest absolute Gasteiger partial charge is 0.472 e. The van der Waals surface area contributed by atoms with Crippen molar-refractivity contribution in [2.45, 2.75) is 65.9 Å². The van der Waals surface area contributed by atoms with E-state index >= 15 is 0 Å². The highest BCUT2D eigenvalue weighted by molar-refractivity contribution is 5.51. The minimum absolute atomic E-state index is 0.183. The van der Waals surface area contributed by atoms with Crippen LogP contribution in [0.2, 0.25) is 0 Å². The molecular weight excluding hydrogens is 286 g/mol. The summed E-state index contributed by atoms with van der Waals surface area (Å²) in [6.07, 6.45) is 8.07. The first-order chi connectivity index (χ1) is 11.0. The molecule has 0 aliphatic heterocycles. The summed E-state index contributed by atoms with van der Waals surface area (Å²) in [7, 11) is 0. The number of rotatable bonds is 7. The summed E-state index contributed by atoms with van der Waals surface area (Å²) in [5.74, 6) is 3.08. The first kappa shape index (κ1) is 17.8. The van der Waals surface area contributed by atoms with Gasteiger partial charge in [-0.1, -0.05) is 32.8 Å². The van der Waals surface area contributed by atoms with E-state index in [2.05, 4.69) is 30.4 Å². The summed E-state index contributed by atoms with van der Waals surface area (Å²) in [6, 6.07) is 0. The van der Waals surface area contributed by atoms with Gasteiger partial charge in [-0.3, -0.25) is 0 Å². The van der Waals surface area contributed by atoms with Gasteiger partial charge in [-0.2, -0.15) is 4.98 Å². The van der Waals surface area contributed by atoms with Gasteiger partial charge < -0.3 is 10.5 Å². The van der Waals surface area contributed by atoms with Crippen molar-refractivity contribution in [1.82, 2.24) is 9.97 Å². The third-order valence-corrected chi connectivity index (χ3v) is 5.19. The van der Waals surface area contributed by atoms with Crippen LogP contribution in [0.15, 0.2) is 12.7 Å². The van der Waals surface area contributed by atoms with E-state index in [4.69, 9.17) is 10.5 Å². The molecule has 0 saturated heterocycles. The Hall–Kier alpha value is -1.58. The highest BCUT2D eigenvalue weighted by Gasteiger charge is 2.41. The van der Waals surface area contributed by atoms with Gasteiger partial charge in [-0.05, 0) is 50.9 Å². The van der Waals surface area contributed by atoms with Gasteiger partial charge in [0.05, 0.1) is 5.69 Å². The van der Waals surface area contributed by atoms with Crippen LogP contribution in [0.3, 0.4) is 0 Å². The van der Waals surface area contributed by atoms with Crippen molar-refractivity contribution in [3.8, 4) is 5.88 Å². The molecule has 23 heavy (non-hydrogen) atoms. The lowest BCUT2D eigenvalue weighted by atomic mass is 9.93. The summed E-state index contributed by atoms with van der Waals surface area (Å²) in [4.78, 5) is 8.75. The summed E-state index contributed by atoms with van der Waals surface area (Å²) in [5, 5.41) is 0. The molecule has 4 atom stereocenters. The number of hydrogen-bond acceptors (Lipinski definition) is 4. The van der Waals surface area contributed by atoms with E-state index in [9.17, 15) is 0 Å². The van der Waals surface area contributed by atoms with Crippen LogP contribution in [0, 0.1) is 31.6 Å². The third-order valence-electron chi connectivity index (χ3n) is 5.19. The van der Waals surface area contributed by atoms with Crippen LogP contribution < -0.4 is 10.5 Å². The molecule has 1 fully saturated rings. The molecule has 1 aromatic heterocycles. The van der Waals surface area contributed by atoms with Crippen LogP contribution in [0.1, 0.15) is 57.5 Å². The second-order valence-corrected chi connectivity index (χ2v) is 6.93. The van der Waals surface area contributed by atoms with Crippen molar-refractivity contribution in [1.29, 1.82) is 0 Å². The summed E-state index contributed by atoms with van der Waals surface area (Å²) >= 11 is 0. The number of nitrogen functional groups attached to an aromatic ring is 1. The lowest BCUT2D eigenvalue weighted by molar-refractivity contribution is 0.107. The number of anilines is 1. The SMILES string of the molecule is C=CCCC1C[C@H](CCC)[C@@H](C)[C@H]1Oc1nc(C)nc(C)c1N. The Labute approximate surface area is 140 Å². The fourth-order valence-corrected chi connectivity index (χ4v) is 3.91. The lowest BCUT2D eigenvalue weighted by Crippen LogP contribution is -2.29. The maximum absolute atomic E-state index is 6.36. The molecule has 2 rings (SSSR count). The Bertz CT molecular complexity index is 544. The minimum atomic E-state index is 0.183. The zero-order chi connectivity index (χ0) is 17.0. The van der Waals surface area contributed by atoms with E-state index in [1.807, 2.05) is 19.9 Å². The topological polar surface area (TPSA) is 61.0 Å². The molecule has 0 amide bonds. The van der Waals surface area contributed by atoms with Gasteiger partial charge in [-0.15, -0.1) is 6.58 Å². The summed E-state index contributed by atoms with van der Waals surface area (Å²) in [5.41, 5.74) is 7.52. The zero-order valence-corrected chi connectivity index (χ0v) is 15.0. The van der Waals surface area contributed by atoms with E-state index < -0.39 is 0 Å². The first-order valence-corrected chi connectivity index (χ1v) is 8.86. The maximum atomic E-state index is 6.36. The van der Waals surface area contributed by atoms with Gasteiger partial charge in [0.1, 0.15) is 17.6 Å². The van der Waals surface area contributed by atoms with Gasteiger partial charge in [-0.25, -0.2) is 4.98 Å². The van der Waals surface area contributed by atoms with E-state index in [-0.39, 0.29) is 6.10 Å². The van der Waals surface area contributed by atoms with Crippen LogP contribution in [0.5, 0.6) is 5.88 Å². The average Bonchev–Trinajstić information content (AvgIpc) is 2.79. The molecule has 4 nitrogen and oxygen atoms in total. The number of allylic oxidation sites excluding steroid dienone is 1. The standard InChI is InChI=1S/C19H31N3O/c1-6-8-10-16-11-15(9-7-2)12(3)18(16)23-19-17(20)13(4)21-14(5)22-19/h6,12,15-16,18H,1,7-11,20H2,2-5H3/t12-,15+,16?,18-/m1/s1.